The van der Waals surface area contributed by atoms with Gasteiger partial charge in [-0.3, -0.25) is 0 Å². The van der Waals surface area contributed by atoms with Crippen molar-refractivity contribution in [1.29, 1.82) is 0 Å². The number of benzene rings is 1. The van der Waals surface area contributed by atoms with Gasteiger partial charge in [-0.15, -0.1) is 0 Å². The van der Waals surface area contributed by atoms with Gasteiger partial charge < -0.3 is 19.5 Å². The Kier molecular flexibility index (Phi) is 6.05. The van der Waals surface area contributed by atoms with E-state index < -0.39 is 11.7 Å². The number of nitrogens with zero attached hydrogens (tertiary/aromatic N) is 4. The number of nitrogens with one attached hydrogen (secondary N) is 1. The van der Waals surface area contributed by atoms with Gasteiger partial charge in [0.2, 0.25) is 0 Å². The summed E-state index contributed by atoms with van der Waals surface area (Å²) in [4.78, 5) is 25.1. The predicted octanol–water partition coefficient (Wildman–Crippen LogP) is 4.80. The fourth-order valence-corrected chi connectivity index (χ4v) is 4.65. The summed E-state index contributed by atoms with van der Waals surface area (Å²) in [6, 6.07) is 10.1. The minimum absolute atomic E-state index is 0.0351. The molecule has 3 aromatic rings. The molecule has 0 atom stereocenters. The molecule has 0 saturated carbocycles. The molecule has 2 aliphatic heterocycles. The van der Waals surface area contributed by atoms with E-state index in [9.17, 15) is 18.0 Å². The first-order valence-electron chi connectivity index (χ1n) is 11.6. The highest BCUT2D eigenvalue weighted by Crippen LogP contribution is 2.31. The summed E-state index contributed by atoms with van der Waals surface area (Å²) in [7, 11) is 0. The zero-order valence-corrected chi connectivity index (χ0v) is 18.6. The first-order valence-corrected chi connectivity index (χ1v) is 11.6. The van der Waals surface area contributed by atoms with Crippen LogP contribution in [0.15, 0.2) is 47.0 Å². The Balaban J connectivity index is 1.09. The maximum atomic E-state index is 12.8. The van der Waals surface area contributed by atoms with Crippen LogP contribution in [0.4, 0.5) is 23.8 Å². The van der Waals surface area contributed by atoms with Gasteiger partial charge in [0.25, 0.3) is 0 Å². The first kappa shape index (κ1) is 22.5. The maximum Gasteiger partial charge on any atom is 0.417 e. The Morgan fingerprint density at radius 1 is 1.00 bits per heavy atom. The van der Waals surface area contributed by atoms with Crippen LogP contribution >= 0.6 is 0 Å². The van der Waals surface area contributed by atoms with Crippen LogP contribution in [0.2, 0.25) is 0 Å². The Morgan fingerprint density at radius 2 is 1.74 bits per heavy atom. The molecule has 1 aromatic carbocycles. The third-order valence-electron chi connectivity index (χ3n) is 6.66. The van der Waals surface area contributed by atoms with Crippen LogP contribution in [0.5, 0.6) is 0 Å². The summed E-state index contributed by atoms with van der Waals surface area (Å²) in [6.45, 7) is 2.54. The van der Waals surface area contributed by atoms with E-state index in [4.69, 9.17) is 4.42 Å². The van der Waals surface area contributed by atoms with E-state index >= 15 is 0 Å². The maximum absolute atomic E-state index is 12.8. The number of alkyl halides is 3. The number of urea groups is 1. The average molecular weight is 473 g/mol. The molecule has 34 heavy (non-hydrogen) atoms. The van der Waals surface area contributed by atoms with Crippen molar-refractivity contribution < 1.29 is 22.4 Å². The second-order valence-electron chi connectivity index (χ2n) is 8.89. The lowest BCUT2D eigenvalue weighted by atomic mass is 9.97. The number of fused-ring (bicyclic) bond motifs is 1. The highest BCUT2D eigenvalue weighted by Gasteiger charge is 2.32. The number of likely N-dealkylation sites (tertiary alicyclic amines) is 1. The molecule has 2 saturated heterocycles. The molecular weight excluding hydrogens is 447 g/mol. The molecule has 0 spiro atoms. The molecule has 4 heterocycles. The van der Waals surface area contributed by atoms with E-state index in [2.05, 4.69) is 15.3 Å². The lowest BCUT2D eigenvalue weighted by Gasteiger charge is -2.36. The third-order valence-corrected chi connectivity index (χ3v) is 6.66. The van der Waals surface area contributed by atoms with Crippen molar-refractivity contribution in [2.45, 2.75) is 43.8 Å². The summed E-state index contributed by atoms with van der Waals surface area (Å²) in [6.07, 6.45) is -0.480. The quantitative estimate of drug-likeness (QED) is 0.592. The standard InChI is InChI=1S/C24H26F3N5O2/c25-24(26,27)17-5-6-21(28-15-17)31-13-9-18(10-14-31)29-23(33)32-11-7-16(8-12-32)22-30-19-3-1-2-4-20(19)34-22/h1-6,15-16,18H,7-14H2,(H,29,33). The number of pyridine rings is 1. The van der Waals surface area contributed by atoms with E-state index in [0.717, 1.165) is 42.1 Å². The van der Waals surface area contributed by atoms with Gasteiger partial charge in [0.15, 0.2) is 11.5 Å². The number of oxazole rings is 1. The Labute approximate surface area is 194 Å². The number of piperidine rings is 2. The molecule has 2 aliphatic rings. The molecular formula is C24H26F3N5O2. The number of halogens is 3. The zero-order chi connectivity index (χ0) is 23.7. The summed E-state index contributed by atoms with van der Waals surface area (Å²) < 4.78 is 44.1. The Hall–Kier alpha value is -3.30. The van der Waals surface area contributed by atoms with Gasteiger partial charge >= 0.3 is 12.2 Å². The van der Waals surface area contributed by atoms with Gasteiger partial charge in [0, 0.05) is 44.3 Å². The molecule has 0 unspecified atom stereocenters. The minimum Gasteiger partial charge on any atom is -0.440 e. The third kappa shape index (κ3) is 4.80. The predicted molar refractivity (Wildman–Crippen MR) is 121 cm³/mol. The monoisotopic (exact) mass is 473 g/mol. The van der Waals surface area contributed by atoms with Crippen molar-refractivity contribution in [3.8, 4) is 0 Å². The zero-order valence-electron chi connectivity index (χ0n) is 18.6. The smallest absolute Gasteiger partial charge is 0.417 e. The van der Waals surface area contributed by atoms with Crippen molar-refractivity contribution in [1.82, 2.24) is 20.2 Å². The van der Waals surface area contributed by atoms with Gasteiger partial charge in [-0.05, 0) is 49.9 Å². The van der Waals surface area contributed by atoms with E-state index in [1.54, 1.807) is 0 Å². The van der Waals surface area contributed by atoms with Gasteiger partial charge in [0.1, 0.15) is 11.3 Å². The molecule has 0 aliphatic carbocycles. The van der Waals surface area contributed by atoms with E-state index in [1.807, 2.05) is 34.1 Å². The van der Waals surface area contributed by atoms with E-state index in [-0.39, 0.29) is 18.0 Å². The van der Waals surface area contributed by atoms with Crippen LogP contribution in [0.3, 0.4) is 0 Å². The molecule has 180 valence electrons. The molecule has 2 aromatic heterocycles. The minimum atomic E-state index is -4.39. The number of hydrogen-bond donors (Lipinski definition) is 1. The van der Waals surface area contributed by atoms with E-state index in [1.165, 1.54) is 6.07 Å². The number of carbonyl (C=O) groups is 1. The molecule has 5 rings (SSSR count). The van der Waals surface area contributed by atoms with Crippen LogP contribution in [0.1, 0.15) is 43.1 Å². The van der Waals surface area contributed by atoms with Gasteiger partial charge in [0.05, 0.1) is 5.56 Å². The summed E-state index contributed by atoms with van der Waals surface area (Å²) in [5.41, 5.74) is 0.893. The second-order valence-corrected chi connectivity index (χ2v) is 8.89. The number of rotatable bonds is 3. The highest BCUT2D eigenvalue weighted by molar-refractivity contribution is 5.75. The van der Waals surface area contributed by atoms with Crippen molar-refractivity contribution >= 4 is 22.9 Å². The van der Waals surface area contributed by atoms with E-state index in [0.29, 0.717) is 44.8 Å². The molecule has 1 N–H and O–H groups in total. The van der Waals surface area contributed by atoms with Crippen molar-refractivity contribution in [3.05, 3.63) is 54.0 Å². The van der Waals surface area contributed by atoms with Gasteiger partial charge in [-0.2, -0.15) is 13.2 Å². The molecule has 2 fully saturated rings. The average Bonchev–Trinajstić information content (AvgIpc) is 3.29. The highest BCUT2D eigenvalue weighted by atomic mass is 19.4. The first-order chi connectivity index (χ1) is 16.4. The number of aromatic nitrogens is 2. The lowest BCUT2D eigenvalue weighted by Crippen LogP contribution is -2.51. The van der Waals surface area contributed by atoms with Crippen LogP contribution in [-0.2, 0) is 6.18 Å². The number of hydrogen-bond acceptors (Lipinski definition) is 5. The topological polar surface area (TPSA) is 74.5 Å². The van der Waals surface area contributed by atoms with Crippen LogP contribution in [0.25, 0.3) is 11.1 Å². The Bertz CT molecular complexity index is 1100. The molecule has 10 heteroatoms. The number of anilines is 1. The largest absolute Gasteiger partial charge is 0.440 e. The summed E-state index contributed by atoms with van der Waals surface area (Å²) in [5.74, 6) is 1.47. The fraction of sp³-hybridized carbons (Fsp3) is 0.458. The lowest BCUT2D eigenvalue weighted by molar-refractivity contribution is -0.137. The van der Waals surface area contributed by atoms with Crippen LogP contribution < -0.4 is 10.2 Å². The number of amides is 2. The fourth-order valence-electron chi connectivity index (χ4n) is 4.65. The normalized spacial score (nSPS) is 18.4. The second kappa shape index (κ2) is 9.15. The molecule has 0 bridgehead atoms. The SMILES string of the molecule is O=C(NC1CCN(c2ccc(C(F)(F)F)cn2)CC1)N1CCC(c2nc3ccccc3o2)CC1. The number of carbonyl (C=O) groups excluding carboxylic acids is 1. The molecule has 2 amide bonds. The summed E-state index contributed by atoms with van der Waals surface area (Å²) >= 11 is 0. The number of para-hydroxylation sites is 2. The molecule has 7 nitrogen and oxygen atoms in total. The van der Waals surface area contributed by atoms with Gasteiger partial charge in [-0.25, -0.2) is 14.8 Å². The summed E-state index contributed by atoms with van der Waals surface area (Å²) in [5, 5.41) is 3.12. The van der Waals surface area contributed by atoms with Crippen molar-refractivity contribution in [3.63, 3.8) is 0 Å². The van der Waals surface area contributed by atoms with Crippen molar-refractivity contribution in [2.24, 2.45) is 0 Å². The van der Waals surface area contributed by atoms with Crippen molar-refractivity contribution in [2.75, 3.05) is 31.1 Å². The molecule has 0 radical (unpaired) electrons. The van der Waals surface area contributed by atoms with Gasteiger partial charge in [-0.1, -0.05) is 12.1 Å². The Morgan fingerprint density at radius 3 is 2.38 bits per heavy atom. The van der Waals surface area contributed by atoms with Crippen LogP contribution in [-0.4, -0.2) is 53.1 Å². The van der Waals surface area contributed by atoms with Crippen LogP contribution in [0, 0.1) is 0 Å².